The molecule has 0 saturated carbocycles. The zero-order chi connectivity index (χ0) is 12.3. The number of nitrogens with one attached hydrogen (secondary N) is 2. The van der Waals surface area contributed by atoms with Gasteiger partial charge < -0.3 is 10.6 Å². The third-order valence-electron chi connectivity index (χ3n) is 3.35. The summed E-state index contributed by atoms with van der Waals surface area (Å²) in [7, 11) is 1.84. The highest BCUT2D eigenvalue weighted by Crippen LogP contribution is 2.10. The Morgan fingerprint density at radius 2 is 2.53 bits per heavy atom. The SMILES string of the molecule is Cc1cc(C(=O)NCCC2CCNC2)nn1C. The highest BCUT2D eigenvalue weighted by atomic mass is 16.1. The van der Waals surface area contributed by atoms with Crippen molar-refractivity contribution in [2.75, 3.05) is 19.6 Å². The normalized spacial score (nSPS) is 19.5. The first-order valence-electron chi connectivity index (χ1n) is 6.16. The van der Waals surface area contributed by atoms with Crippen LogP contribution in [0, 0.1) is 12.8 Å². The quantitative estimate of drug-likeness (QED) is 0.798. The van der Waals surface area contributed by atoms with Crippen molar-refractivity contribution in [3.63, 3.8) is 0 Å². The van der Waals surface area contributed by atoms with Crippen molar-refractivity contribution in [3.05, 3.63) is 17.5 Å². The lowest BCUT2D eigenvalue weighted by atomic mass is 10.1. The number of aromatic nitrogens is 2. The monoisotopic (exact) mass is 236 g/mol. The average Bonchev–Trinajstić information content (AvgIpc) is 2.90. The molecule has 1 amide bonds. The Balaban J connectivity index is 1.76. The second kappa shape index (κ2) is 5.31. The van der Waals surface area contributed by atoms with Crippen molar-refractivity contribution in [1.29, 1.82) is 0 Å². The highest BCUT2D eigenvalue weighted by Gasteiger charge is 2.15. The lowest BCUT2D eigenvalue weighted by molar-refractivity contribution is 0.0946. The average molecular weight is 236 g/mol. The van der Waals surface area contributed by atoms with E-state index in [2.05, 4.69) is 15.7 Å². The summed E-state index contributed by atoms with van der Waals surface area (Å²) in [5.41, 5.74) is 1.50. The molecule has 0 aromatic carbocycles. The van der Waals surface area contributed by atoms with Crippen LogP contribution in [0.15, 0.2) is 6.07 Å². The van der Waals surface area contributed by atoms with Gasteiger partial charge in [-0.05, 0) is 44.8 Å². The molecule has 5 heteroatoms. The lowest BCUT2D eigenvalue weighted by Gasteiger charge is -2.08. The minimum atomic E-state index is -0.0698. The van der Waals surface area contributed by atoms with Crippen molar-refractivity contribution in [2.45, 2.75) is 19.8 Å². The Hall–Kier alpha value is -1.36. The molecule has 1 aliphatic heterocycles. The van der Waals surface area contributed by atoms with Gasteiger partial charge in [-0.3, -0.25) is 9.48 Å². The zero-order valence-electron chi connectivity index (χ0n) is 10.5. The molecule has 0 radical (unpaired) electrons. The van der Waals surface area contributed by atoms with Crippen LogP contribution in [0.3, 0.4) is 0 Å². The molecule has 17 heavy (non-hydrogen) atoms. The fourth-order valence-electron chi connectivity index (χ4n) is 2.11. The summed E-state index contributed by atoms with van der Waals surface area (Å²) in [6.45, 7) is 4.87. The first kappa shape index (κ1) is 12.1. The molecule has 94 valence electrons. The summed E-state index contributed by atoms with van der Waals surface area (Å²) in [6, 6.07) is 1.81. The third-order valence-corrected chi connectivity index (χ3v) is 3.35. The van der Waals surface area contributed by atoms with Crippen LogP contribution in [0.25, 0.3) is 0 Å². The number of hydrogen-bond acceptors (Lipinski definition) is 3. The molecule has 1 unspecified atom stereocenters. The number of hydrogen-bond donors (Lipinski definition) is 2. The number of amides is 1. The zero-order valence-corrected chi connectivity index (χ0v) is 10.5. The van der Waals surface area contributed by atoms with Crippen molar-refractivity contribution >= 4 is 5.91 Å². The van der Waals surface area contributed by atoms with Crippen molar-refractivity contribution in [1.82, 2.24) is 20.4 Å². The molecule has 1 saturated heterocycles. The number of aryl methyl sites for hydroxylation is 2. The largest absolute Gasteiger partial charge is 0.351 e. The summed E-state index contributed by atoms with van der Waals surface area (Å²) < 4.78 is 1.72. The smallest absolute Gasteiger partial charge is 0.271 e. The molecule has 1 aliphatic rings. The maximum Gasteiger partial charge on any atom is 0.271 e. The molecule has 1 aromatic rings. The second-order valence-corrected chi connectivity index (χ2v) is 4.70. The van der Waals surface area contributed by atoms with E-state index < -0.39 is 0 Å². The molecule has 1 aromatic heterocycles. The van der Waals surface area contributed by atoms with E-state index in [1.54, 1.807) is 4.68 Å². The molecular formula is C12H20N4O. The van der Waals surface area contributed by atoms with Gasteiger partial charge in [-0.25, -0.2) is 0 Å². The van der Waals surface area contributed by atoms with E-state index in [1.165, 1.54) is 6.42 Å². The van der Waals surface area contributed by atoms with E-state index in [-0.39, 0.29) is 5.91 Å². The van der Waals surface area contributed by atoms with Gasteiger partial charge in [0.1, 0.15) is 5.69 Å². The lowest BCUT2D eigenvalue weighted by Crippen LogP contribution is -2.26. The first-order chi connectivity index (χ1) is 8.16. The Morgan fingerprint density at radius 3 is 3.12 bits per heavy atom. The van der Waals surface area contributed by atoms with Crippen LogP contribution < -0.4 is 10.6 Å². The Labute approximate surface area is 102 Å². The van der Waals surface area contributed by atoms with Gasteiger partial charge in [0.25, 0.3) is 5.91 Å². The number of carbonyl (C=O) groups excluding carboxylic acids is 1. The van der Waals surface area contributed by atoms with Crippen LogP contribution in [0.5, 0.6) is 0 Å². The Morgan fingerprint density at radius 1 is 1.71 bits per heavy atom. The molecule has 1 atom stereocenters. The molecule has 0 aliphatic carbocycles. The van der Waals surface area contributed by atoms with E-state index in [0.717, 1.165) is 31.7 Å². The van der Waals surface area contributed by atoms with Gasteiger partial charge in [-0.15, -0.1) is 0 Å². The van der Waals surface area contributed by atoms with Gasteiger partial charge in [0.2, 0.25) is 0 Å². The van der Waals surface area contributed by atoms with Crippen LogP contribution in [0.2, 0.25) is 0 Å². The number of rotatable bonds is 4. The predicted octanol–water partition coefficient (Wildman–Crippen LogP) is 0.458. The summed E-state index contributed by atoms with van der Waals surface area (Å²) in [5, 5.41) is 10.4. The fourth-order valence-corrected chi connectivity index (χ4v) is 2.11. The summed E-state index contributed by atoms with van der Waals surface area (Å²) in [4.78, 5) is 11.8. The van der Waals surface area contributed by atoms with Crippen LogP contribution in [0.1, 0.15) is 29.0 Å². The molecule has 1 fully saturated rings. The summed E-state index contributed by atoms with van der Waals surface area (Å²) in [5.74, 6) is 0.639. The number of carbonyl (C=O) groups is 1. The van der Waals surface area contributed by atoms with Crippen LogP contribution in [0.4, 0.5) is 0 Å². The minimum absolute atomic E-state index is 0.0698. The third kappa shape index (κ3) is 3.06. The molecule has 0 spiro atoms. The van der Waals surface area contributed by atoms with Gasteiger partial charge in [0.15, 0.2) is 0 Å². The molecule has 2 rings (SSSR count). The van der Waals surface area contributed by atoms with Gasteiger partial charge in [0.05, 0.1) is 0 Å². The second-order valence-electron chi connectivity index (χ2n) is 4.70. The van der Waals surface area contributed by atoms with E-state index in [1.807, 2.05) is 20.0 Å². The van der Waals surface area contributed by atoms with Crippen LogP contribution in [-0.2, 0) is 7.05 Å². The van der Waals surface area contributed by atoms with Crippen LogP contribution >= 0.6 is 0 Å². The van der Waals surface area contributed by atoms with Gasteiger partial charge in [0, 0.05) is 19.3 Å². The van der Waals surface area contributed by atoms with Gasteiger partial charge >= 0.3 is 0 Å². The summed E-state index contributed by atoms with van der Waals surface area (Å²) >= 11 is 0. The molecular weight excluding hydrogens is 216 g/mol. The standard InChI is InChI=1S/C12H20N4O/c1-9-7-11(15-16(9)2)12(17)14-6-4-10-3-5-13-8-10/h7,10,13H,3-6,8H2,1-2H3,(H,14,17). The first-order valence-corrected chi connectivity index (χ1v) is 6.16. The van der Waals surface area contributed by atoms with E-state index in [9.17, 15) is 4.79 Å². The van der Waals surface area contributed by atoms with Crippen molar-refractivity contribution in [2.24, 2.45) is 13.0 Å². The maximum atomic E-state index is 11.8. The van der Waals surface area contributed by atoms with Gasteiger partial charge in [-0.1, -0.05) is 0 Å². The molecule has 0 bridgehead atoms. The number of nitrogens with zero attached hydrogens (tertiary/aromatic N) is 2. The Kier molecular flexibility index (Phi) is 3.78. The summed E-state index contributed by atoms with van der Waals surface area (Å²) in [6.07, 6.45) is 2.27. The van der Waals surface area contributed by atoms with E-state index in [4.69, 9.17) is 0 Å². The minimum Gasteiger partial charge on any atom is -0.351 e. The van der Waals surface area contributed by atoms with Crippen molar-refractivity contribution in [3.8, 4) is 0 Å². The highest BCUT2D eigenvalue weighted by molar-refractivity contribution is 5.92. The topological polar surface area (TPSA) is 59.0 Å². The van der Waals surface area contributed by atoms with Crippen molar-refractivity contribution < 1.29 is 4.79 Å². The fraction of sp³-hybridized carbons (Fsp3) is 0.667. The van der Waals surface area contributed by atoms with E-state index >= 15 is 0 Å². The molecule has 2 heterocycles. The molecule has 5 nitrogen and oxygen atoms in total. The Bertz CT molecular complexity index is 374. The van der Waals surface area contributed by atoms with E-state index in [0.29, 0.717) is 11.6 Å². The predicted molar refractivity (Wildman–Crippen MR) is 65.9 cm³/mol. The van der Waals surface area contributed by atoms with Crippen LogP contribution in [-0.4, -0.2) is 35.3 Å². The molecule has 2 N–H and O–H groups in total. The maximum absolute atomic E-state index is 11.8. The van der Waals surface area contributed by atoms with Gasteiger partial charge in [-0.2, -0.15) is 5.10 Å².